The summed E-state index contributed by atoms with van der Waals surface area (Å²) in [6, 6.07) is 3.03. The molecule has 1 aromatic carbocycles. The van der Waals surface area contributed by atoms with E-state index in [1.54, 1.807) is 0 Å². The molecule has 0 spiro atoms. The summed E-state index contributed by atoms with van der Waals surface area (Å²) in [5.41, 5.74) is 0.302. The Balaban J connectivity index is 2.18. The summed E-state index contributed by atoms with van der Waals surface area (Å²) in [4.78, 5) is 12.0. The molecule has 0 unspecified atom stereocenters. The second-order valence-electron chi connectivity index (χ2n) is 3.16. The predicted molar refractivity (Wildman–Crippen MR) is 54.3 cm³/mol. The van der Waals surface area contributed by atoms with Gasteiger partial charge >= 0.3 is 0 Å². The number of nitrogens with zero attached hydrogens (tertiary/aromatic N) is 2. The number of ketones is 1. The smallest absolute Gasteiger partial charge is 0.180 e. The molecule has 2 rings (SSSR count). The highest BCUT2D eigenvalue weighted by Gasteiger charge is 2.11. The normalized spacial score (nSPS) is 10.4. The van der Waals surface area contributed by atoms with Gasteiger partial charge in [-0.2, -0.15) is 0 Å². The van der Waals surface area contributed by atoms with Crippen molar-refractivity contribution < 1.29 is 13.6 Å². The number of Topliss-reactive ketones (excluding diaryl/α,β-unsaturated/α-hetero) is 1. The van der Waals surface area contributed by atoms with E-state index in [0.717, 1.165) is 29.7 Å². The average molecular weight is 240 g/mol. The third-order valence-corrected chi connectivity index (χ3v) is 2.63. The van der Waals surface area contributed by atoms with Crippen molar-refractivity contribution in [3.63, 3.8) is 0 Å². The molecule has 1 aromatic heterocycles. The third-order valence-electron chi connectivity index (χ3n) is 1.92. The van der Waals surface area contributed by atoms with Crippen LogP contribution in [0.1, 0.15) is 15.2 Å². The maximum Gasteiger partial charge on any atom is 0.180 e. The van der Waals surface area contributed by atoms with Gasteiger partial charge in [-0.15, -0.1) is 5.10 Å². The number of carbonyl (C=O) groups is 1. The molecule has 0 atom stereocenters. The summed E-state index contributed by atoms with van der Waals surface area (Å²) in [5, 5.41) is 3.52. The van der Waals surface area contributed by atoms with Gasteiger partial charge in [0.2, 0.25) is 0 Å². The Morgan fingerprint density at radius 1 is 1.25 bits per heavy atom. The van der Waals surface area contributed by atoms with Gasteiger partial charge in [-0.3, -0.25) is 4.79 Å². The van der Waals surface area contributed by atoms with Gasteiger partial charge in [-0.1, -0.05) is 4.49 Å². The molecular formula is C10H6F2N2OS. The number of hydrogen-bond acceptors (Lipinski definition) is 4. The molecule has 0 N–H and O–H groups in total. The molecule has 0 bridgehead atoms. The van der Waals surface area contributed by atoms with Crippen molar-refractivity contribution in [2.45, 2.75) is 6.42 Å². The number of aromatic nitrogens is 2. The maximum atomic E-state index is 12.8. The van der Waals surface area contributed by atoms with E-state index in [-0.39, 0.29) is 12.2 Å². The lowest BCUT2D eigenvalue weighted by atomic mass is 10.1. The predicted octanol–water partition coefficient (Wildman–Crippen LogP) is 2.24. The molecule has 0 saturated heterocycles. The van der Waals surface area contributed by atoms with Crippen LogP contribution in [0.25, 0.3) is 0 Å². The quantitative estimate of drug-likeness (QED) is 0.773. The van der Waals surface area contributed by atoms with Gasteiger partial charge in [-0.25, -0.2) is 8.78 Å². The van der Waals surface area contributed by atoms with E-state index in [1.165, 1.54) is 6.20 Å². The summed E-state index contributed by atoms with van der Waals surface area (Å²) in [6.07, 6.45) is 1.28. The lowest BCUT2D eigenvalue weighted by Gasteiger charge is -1.99. The lowest BCUT2D eigenvalue weighted by Crippen LogP contribution is -2.02. The van der Waals surface area contributed by atoms with Crippen LogP contribution in [0.2, 0.25) is 0 Å². The van der Waals surface area contributed by atoms with Crippen LogP contribution >= 0.6 is 11.5 Å². The molecule has 3 nitrogen and oxygen atoms in total. The fourth-order valence-electron chi connectivity index (χ4n) is 1.28. The maximum absolute atomic E-state index is 12.8. The number of carbonyl (C=O) groups excluding carboxylic acids is 1. The fourth-order valence-corrected chi connectivity index (χ4v) is 1.73. The Morgan fingerprint density at radius 2 is 1.94 bits per heavy atom. The molecule has 16 heavy (non-hydrogen) atoms. The Hall–Kier alpha value is -1.69. The van der Waals surface area contributed by atoms with E-state index in [4.69, 9.17) is 0 Å². The Labute approximate surface area is 93.9 Å². The van der Waals surface area contributed by atoms with Gasteiger partial charge in [0.1, 0.15) is 16.5 Å². The topological polar surface area (TPSA) is 42.9 Å². The second-order valence-corrected chi connectivity index (χ2v) is 3.95. The van der Waals surface area contributed by atoms with E-state index in [0.29, 0.717) is 10.4 Å². The molecule has 0 radical (unpaired) electrons. The first-order valence-corrected chi connectivity index (χ1v) is 5.18. The largest absolute Gasteiger partial charge is 0.293 e. The first-order chi connectivity index (χ1) is 7.65. The number of hydrogen-bond donors (Lipinski definition) is 0. The van der Waals surface area contributed by atoms with Crippen molar-refractivity contribution in [3.05, 3.63) is 46.5 Å². The molecule has 0 amide bonds. The van der Waals surface area contributed by atoms with Crippen LogP contribution in [0.3, 0.4) is 0 Å². The standard InChI is InChI=1S/C10H6F2N2OS/c11-7-1-6(2-8(12)4-7)3-9(15)10-5-13-14-16-10/h1-2,4-5H,3H2. The molecule has 0 aliphatic heterocycles. The highest BCUT2D eigenvalue weighted by atomic mass is 32.1. The van der Waals surface area contributed by atoms with Gasteiger partial charge in [-0.05, 0) is 29.2 Å². The van der Waals surface area contributed by atoms with Crippen molar-refractivity contribution >= 4 is 17.3 Å². The van der Waals surface area contributed by atoms with Crippen molar-refractivity contribution in [1.29, 1.82) is 0 Å². The Kier molecular flexibility index (Phi) is 3.00. The van der Waals surface area contributed by atoms with Crippen molar-refractivity contribution in [2.24, 2.45) is 0 Å². The zero-order valence-electron chi connectivity index (χ0n) is 7.98. The molecule has 0 aliphatic carbocycles. The van der Waals surface area contributed by atoms with Gasteiger partial charge in [0.25, 0.3) is 0 Å². The monoisotopic (exact) mass is 240 g/mol. The molecule has 6 heteroatoms. The van der Waals surface area contributed by atoms with E-state index in [1.807, 2.05) is 0 Å². The Bertz CT molecular complexity index is 493. The molecular weight excluding hydrogens is 234 g/mol. The summed E-state index contributed by atoms with van der Waals surface area (Å²) in [7, 11) is 0. The van der Waals surface area contributed by atoms with Gasteiger partial charge < -0.3 is 0 Å². The van der Waals surface area contributed by atoms with Crippen LogP contribution in [-0.2, 0) is 6.42 Å². The minimum Gasteiger partial charge on any atom is -0.293 e. The van der Waals surface area contributed by atoms with Crippen molar-refractivity contribution in [2.75, 3.05) is 0 Å². The van der Waals surface area contributed by atoms with Crippen LogP contribution in [0, 0.1) is 11.6 Å². The van der Waals surface area contributed by atoms with Gasteiger partial charge in [0, 0.05) is 12.5 Å². The van der Waals surface area contributed by atoms with E-state index in [2.05, 4.69) is 9.59 Å². The van der Waals surface area contributed by atoms with E-state index in [9.17, 15) is 13.6 Å². The second kappa shape index (κ2) is 4.44. The minimum absolute atomic E-state index is 0.0570. The van der Waals surface area contributed by atoms with Crippen LogP contribution in [0.5, 0.6) is 0 Å². The molecule has 1 heterocycles. The number of rotatable bonds is 3. The minimum atomic E-state index is -0.690. The van der Waals surface area contributed by atoms with Gasteiger partial charge in [0.15, 0.2) is 5.78 Å². The van der Waals surface area contributed by atoms with Crippen LogP contribution in [-0.4, -0.2) is 15.4 Å². The van der Waals surface area contributed by atoms with Crippen molar-refractivity contribution in [3.8, 4) is 0 Å². The average Bonchev–Trinajstić information content (AvgIpc) is 2.68. The molecule has 82 valence electrons. The highest BCUT2D eigenvalue weighted by Crippen LogP contribution is 2.12. The molecule has 0 saturated carbocycles. The van der Waals surface area contributed by atoms with Crippen LogP contribution in [0.15, 0.2) is 24.4 Å². The first-order valence-electron chi connectivity index (χ1n) is 4.40. The number of halogens is 2. The van der Waals surface area contributed by atoms with Crippen LogP contribution < -0.4 is 0 Å². The van der Waals surface area contributed by atoms with Gasteiger partial charge in [0.05, 0.1) is 6.20 Å². The molecule has 0 fully saturated rings. The fraction of sp³-hybridized carbons (Fsp3) is 0.100. The van der Waals surface area contributed by atoms with Crippen LogP contribution in [0.4, 0.5) is 8.78 Å². The summed E-state index contributed by atoms with van der Waals surface area (Å²) >= 11 is 0.961. The summed E-state index contributed by atoms with van der Waals surface area (Å²) < 4.78 is 29.2. The summed E-state index contributed by atoms with van der Waals surface area (Å²) in [5.74, 6) is -1.63. The third kappa shape index (κ3) is 2.46. The first kappa shape index (κ1) is 10.8. The van der Waals surface area contributed by atoms with E-state index >= 15 is 0 Å². The van der Waals surface area contributed by atoms with Crippen molar-refractivity contribution in [1.82, 2.24) is 9.59 Å². The molecule has 2 aromatic rings. The summed E-state index contributed by atoms with van der Waals surface area (Å²) in [6.45, 7) is 0. The zero-order valence-corrected chi connectivity index (χ0v) is 8.80. The lowest BCUT2D eigenvalue weighted by molar-refractivity contribution is 0.0996. The molecule has 0 aliphatic rings. The van der Waals surface area contributed by atoms with E-state index < -0.39 is 11.6 Å². The Morgan fingerprint density at radius 3 is 2.50 bits per heavy atom. The SMILES string of the molecule is O=C(Cc1cc(F)cc(F)c1)c1cnns1. The highest BCUT2D eigenvalue weighted by molar-refractivity contribution is 7.07. The zero-order chi connectivity index (χ0) is 11.5. The number of benzene rings is 1.